The van der Waals surface area contributed by atoms with Crippen LogP contribution in [0.1, 0.15) is 21.5 Å². The molecular formula is C27H20ClN3O2S. The van der Waals surface area contributed by atoms with Gasteiger partial charge in [-0.2, -0.15) is 0 Å². The number of benzene rings is 4. The molecule has 0 aliphatic heterocycles. The minimum Gasteiger partial charge on any atom is -0.436 e. The molecule has 0 atom stereocenters. The number of fused-ring (bicyclic) bond motifs is 2. The Kier molecular flexibility index (Phi) is 5.77. The highest BCUT2D eigenvalue weighted by atomic mass is 35.5. The van der Waals surface area contributed by atoms with E-state index in [-0.39, 0.29) is 11.0 Å². The number of carbonyl (C=O) groups excluding carboxylic acids is 1. The van der Waals surface area contributed by atoms with E-state index in [0.717, 1.165) is 44.2 Å². The number of hydrogen-bond acceptors (Lipinski definition) is 4. The lowest BCUT2D eigenvalue weighted by Crippen LogP contribution is -2.34. The molecule has 2 N–H and O–H groups in total. The Bertz CT molecular complexity index is 1570. The first kappa shape index (κ1) is 22.1. The van der Waals surface area contributed by atoms with E-state index in [0.29, 0.717) is 16.5 Å². The molecule has 5 rings (SSSR count). The van der Waals surface area contributed by atoms with Crippen LogP contribution in [0.3, 0.4) is 0 Å². The second kappa shape index (κ2) is 8.89. The Morgan fingerprint density at radius 1 is 0.971 bits per heavy atom. The number of anilines is 1. The minimum atomic E-state index is -0.306. The van der Waals surface area contributed by atoms with Crippen LogP contribution in [0.2, 0.25) is 5.02 Å². The third-order valence-corrected chi connectivity index (χ3v) is 6.08. The Morgan fingerprint density at radius 2 is 1.71 bits per heavy atom. The van der Waals surface area contributed by atoms with Crippen molar-refractivity contribution in [3.8, 4) is 11.5 Å². The molecule has 1 amide bonds. The third kappa shape index (κ3) is 4.25. The van der Waals surface area contributed by atoms with Gasteiger partial charge in [0.15, 0.2) is 10.7 Å². The fraction of sp³-hybridized carbons (Fsp3) is 0.0741. The van der Waals surface area contributed by atoms with Crippen molar-refractivity contribution in [3.05, 3.63) is 94.5 Å². The summed E-state index contributed by atoms with van der Waals surface area (Å²) in [6.07, 6.45) is 0. The zero-order valence-electron chi connectivity index (χ0n) is 18.5. The van der Waals surface area contributed by atoms with Crippen molar-refractivity contribution in [3.63, 3.8) is 0 Å². The first-order valence-electron chi connectivity index (χ1n) is 10.7. The van der Waals surface area contributed by atoms with E-state index in [1.807, 2.05) is 62.4 Å². The fourth-order valence-corrected chi connectivity index (χ4v) is 4.45. The number of hydrogen-bond donors (Lipinski definition) is 2. The smallest absolute Gasteiger partial charge is 0.258 e. The van der Waals surface area contributed by atoms with Gasteiger partial charge in [-0.15, -0.1) is 0 Å². The Labute approximate surface area is 206 Å². The van der Waals surface area contributed by atoms with Gasteiger partial charge in [0.1, 0.15) is 5.52 Å². The summed E-state index contributed by atoms with van der Waals surface area (Å²) >= 11 is 11.6. The first-order chi connectivity index (χ1) is 16.4. The maximum Gasteiger partial charge on any atom is 0.258 e. The number of oxazole rings is 1. The topological polar surface area (TPSA) is 67.2 Å². The van der Waals surface area contributed by atoms with Crippen LogP contribution in [0.4, 0.5) is 5.69 Å². The highest BCUT2D eigenvalue weighted by Crippen LogP contribution is 2.28. The fourth-order valence-electron chi connectivity index (χ4n) is 4.00. The van der Waals surface area contributed by atoms with E-state index in [2.05, 4.69) is 21.7 Å². The summed E-state index contributed by atoms with van der Waals surface area (Å²) in [6.45, 7) is 4.05. The van der Waals surface area contributed by atoms with Gasteiger partial charge >= 0.3 is 0 Å². The summed E-state index contributed by atoms with van der Waals surface area (Å²) in [5, 5.41) is 8.16. The second-order valence-electron chi connectivity index (χ2n) is 8.08. The molecule has 4 aromatic carbocycles. The average molecular weight is 486 g/mol. The van der Waals surface area contributed by atoms with Crippen LogP contribution in [-0.2, 0) is 0 Å². The number of nitrogens with zero attached hydrogens (tertiary/aromatic N) is 1. The zero-order chi connectivity index (χ0) is 23.8. The largest absolute Gasteiger partial charge is 0.436 e. The van der Waals surface area contributed by atoms with Crippen LogP contribution in [0.25, 0.3) is 33.3 Å². The number of halogens is 1. The summed E-state index contributed by atoms with van der Waals surface area (Å²) in [5.41, 5.74) is 5.92. The van der Waals surface area contributed by atoms with E-state index >= 15 is 0 Å². The maximum absolute atomic E-state index is 12.8. The molecule has 5 nitrogen and oxygen atoms in total. The summed E-state index contributed by atoms with van der Waals surface area (Å²) in [4.78, 5) is 17.5. The molecule has 34 heavy (non-hydrogen) atoms. The zero-order valence-corrected chi connectivity index (χ0v) is 20.1. The van der Waals surface area contributed by atoms with Crippen molar-refractivity contribution in [2.45, 2.75) is 13.8 Å². The number of thiocarbonyl (C=S) groups is 1. The molecule has 0 saturated heterocycles. The lowest BCUT2D eigenvalue weighted by molar-refractivity contribution is 0.0979. The first-order valence-corrected chi connectivity index (χ1v) is 11.5. The molecule has 168 valence electrons. The third-order valence-electron chi connectivity index (χ3n) is 5.55. The van der Waals surface area contributed by atoms with Crippen LogP contribution in [0, 0.1) is 13.8 Å². The van der Waals surface area contributed by atoms with Crippen LogP contribution >= 0.6 is 23.8 Å². The van der Waals surface area contributed by atoms with E-state index in [1.54, 1.807) is 18.2 Å². The van der Waals surface area contributed by atoms with Crippen LogP contribution in [-0.4, -0.2) is 16.0 Å². The molecule has 0 saturated carbocycles. The maximum atomic E-state index is 12.8. The molecule has 0 bridgehead atoms. The summed E-state index contributed by atoms with van der Waals surface area (Å²) in [5.74, 6) is 0.250. The van der Waals surface area contributed by atoms with Gasteiger partial charge in [0.05, 0.1) is 0 Å². The molecule has 0 aliphatic rings. The van der Waals surface area contributed by atoms with E-state index < -0.39 is 0 Å². The lowest BCUT2D eigenvalue weighted by atomic mass is 10.0. The monoisotopic (exact) mass is 485 g/mol. The van der Waals surface area contributed by atoms with Crippen molar-refractivity contribution >= 4 is 62.4 Å². The average Bonchev–Trinajstić information content (AvgIpc) is 3.24. The second-order valence-corrected chi connectivity index (χ2v) is 8.89. The predicted octanol–water partition coefficient (Wildman–Crippen LogP) is 7.05. The molecule has 5 aromatic rings. The standard InChI is InChI=1S/C27H20ClN3O2S/c1-15-13-16(2)24-23(14-15)30-26(33-24)17-9-11-18(12-10-17)29-27(34)31-25(32)21-7-3-6-20-19(21)5-4-8-22(20)28/h3-14H,1-2H3,(H2,29,31,32,34). The number of aromatic nitrogens is 1. The molecule has 0 fully saturated rings. The van der Waals surface area contributed by atoms with E-state index in [1.165, 1.54) is 0 Å². The number of aryl methyl sites for hydroxylation is 2. The van der Waals surface area contributed by atoms with Crippen molar-refractivity contribution in [1.29, 1.82) is 0 Å². The summed E-state index contributed by atoms with van der Waals surface area (Å²) < 4.78 is 5.98. The Morgan fingerprint density at radius 3 is 2.50 bits per heavy atom. The highest BCUT2D eigenvalue weighted by Gasteiger charge is 2.14. The Balaban J connectivity index is 1.30. The molecule has 1 heterocycles. The van der Waals surface area contributed by atoms with Gasteiger partial charge in [-0.1, -0.05) is 41.9 Å². The molecule has 1 aromatic heterocycles. The minimum absolute atomic E-state index is 0.199. The van der Waals surface area contributed by atoms with Crippen LogP contribution in [0.15, 0.2) is 77.2 Å². The number of rotatable bonds is 3. The summed E-state index contributed by atoms with van der Waals surface area (Å²) in [6, 6.07) is 22.5. The number of nitrogens with one attached hydrogen (secondary N) is 2. The predicted molar refractivity (Wildman–Crippen MR) is 142 cm³/mol. The van der Waals surface area contributed by atoms with Gasteiger partial charge in [0.2, 0.25) is 5.89 Å². The van der Waals surface area contributed by atoms with Crippen molar-refractivity contribution in [2.24, 2.45) is 0 Å². The molecular weight excluding hydrogens is 466 g/mol. The van der Waals surface area contributed by atoms with Crippen LogP contribution in [0.5, 0.6) is 0 Å². The molecule has 7 heteroatoms. The SMILES string of the molecule is Cc1cc(C)c2oc(-c3ccc(NC(=S)NC(=O)c4cccc5c(Cl)cccc45)cc3)nc2c1. The highest BCUT2D eigenvalue weighted by molar-refractivity contribution is 7.80. The van der Waals surface area contributed by atoms with Crippen molar-refractivity contribution in [2.75, 3.05) is 5.32 Å². The van der Waals surface area contributed by atoms with Gasteiger partial charge in [0, 0.05) is 27.2 Å². The van der Waals surface area contributed by atoms with Crippen LogP contribution < -0.4 is 10.6 Å². The normalized spacial score (nSPS) is 11.0. The molecule has 0 spiro atoms. The van der Waals surface area contributed by atoms with Crippen molar-refractivity contribution in [1.82, 2.24) is 10.3 Å². The quantitative estimate of drug-likeness (QED) is 0.268. The molecule has 0 radical (unpaired) electrons. The van der Waals surface area contributed by atoms with Gasteiger partial charge in [-0.25, -0.2) is 4.98 Å². The van der Waals surface area contributed by atoms with Gasteiger partial charge in [0.25, 0.3) is 5.91 Å². The van der Waals surface area contributed by atoms with E-state index in [4.69, 9.17) is 28.2 Å². The van der Waals surface area contributed by atoms with Gasteiger partial charge in [-0.3, -0.25) is 10.1 Å². The molecule has 0 unspecified atom stereocenters. The van der Waals surface area contributed by atoms with Gasteiger partial charge < -0.3 is 9.73 Å². The molecule has 0 aliphatic carbocycles. The van der Waals surface area contributed by atoms with Gasteiger partial charge in [-0.05, 0) is 85.0 Å². The number of amides is 1. The van der Waals surface area contributed by atoms with Crippen molar-refractivity contribution < 1.29 is 9.21 Å². The Hall–Kier alpha value is -3.74. The van der Waals surface area contributed by atoms with E-state index in [9.17, 15) is 4.79 Å². The lowest BCUT2D eigenvalue weighted by Gasteiger charge is -2.11. The summed E-state index contributed by atoms with van der Waals surface area (Å²) in [7, 11) is 0. The number of carbonyl (C=O) groups is 1.